The van der Waals surface area contributed by atoms with Gasteiger partial charge in [-0.15, -0.1) is 0 Å². The van der Waals surface area contributed by atoms with Gasteiger partial charge in [0.15, 0.2) is 0 Å². The lowest BCUT2D eigenvalue weighted by molar-refractivity contribution is -0.131. The first-order valence-corrected chi connectivity index (χ1v) is 10.7. The number of benzene rings is 1. The second kappa shape index (κ2) is 8.26. The third-order valence-corrected chi connectivity index (χ3v) is 6.04. The Bertz CT molecular complexity index is 1310. The number of nitriles is 1. The molecule has 1 aromatic carbocycles. The van der Waals surface area contributed by atoms with Crippen molar-refractivity contribution in [1.82, 2.24) is 25.4 Å². The molecule has 0 bridgehead atoms. The van der Waals surface area contributed by atoms with E-state index >= 15 is 0 Å². The summed E-state index contributed by atoms with van der Waals surface area (Å²) in [6.45, 7) is -1.31. The van der Waals surface area contributed by atoms with E-state index in [9.17, 15) is 18.4 Å². The Kier molecular flexibility index (Phi) is 5.24. The summed E-state index contributed by atoms with van der Waals surface area (Å²) in [6, 6.07) is 7.65. The molecule has 1 aromatic heterocycles. The first-order chi connectivity index (χ1) is 16.3. The second-order valence-corrected chi connectivity index (χ2v) is 8.32. The van der Waals surface area contributed by atoms with Crippen LogP contribution >= 0.6 is 0 Å². The zero-order valence-electron chi connectivity index (χ0n) is 17.9. The molecule has 1 unspecified atom stereocenters. The molecule has 3 aliphatic rings. The van der Waals surface area contributed by atoms with Gasteiger partial charge in [-0.25, -0.2) is 8.78 Å². The van der Waals surface area contributed by atoms with Gasteiger partial charge in [-0.05, 0) is 35.4 Å². The zero-order chi connectivity index (χ0) is 23.9. The average molecular weight is 462 g/mol. The predicted octanol–water partition coefficient (Wildman–Crippen LogP) is 2.34. The lowest BCUT2D eigenvalue weighted by Crippen LogP contribution is -2.43. The number of hydrogen-bond donors (Lipinski definition) is 2. The molecule has 2 aromatic rings. The molecule has 3 aliphatic heterocycles. The van der Waals surface area contributed by atoms with Crippen LogP contribution in [0.1, 0.15) is 22.3 Å². The van der Waals surface area contributed by atoms with E-state index in [0.29, 0.717) is 16.5 Å². The van der Waals surface area contributed by atoms with Crippen molar-refractivity contribution in [2.45, 2.75) is 24.6 Å². The molecular weight excluding hydrogens is 442 g/mol. The highest BCUT2D eigenvalue weighted by atomic mass is 19.3. The molecule has 172 valence electrons. The fraction of sp³-hybridized carbons (Fsp3) is 0.250. The normalized spacial score (nSPS) is 22.2. The van der Waals surface area contributed by atoms with E-state index in [1.54, 1.807) is 12.1 Å². The lowest BCUT2D eigenvalue weighted by Gasteiger charge is -2.24. The lowest BCUT2D eigenvalue weighted by atomic mass is 9.99. The summed E-state index contributed by atoms with van der Waals surface area (Å²) in [5.41, 5.74) is 2.75. The van der Waals surface area contributed by atoms with Crippen LogP contribution in [0.4, 0.5) is 8.78 Å². The van der Waals surface area contributed by atoms with Crippen LogP contribution in [0, 0.1) is 11.3 Å². The fourth-order valence-corrected chi connectivity index (χ4v) is 4.32. The van der Waals surface area contributed by atoms with Crippen molar-refractivity contribution in [3.8, 4) is 6.07 Å². The number of aromatic nitrogens is 1. The number of rotatable bonds is 4. The summed E-state index contributed by atoms with van der Waals surface area (Å²) >= 11 is 0. The average Bonchev–Trinajstić information content (AvgIpc) is 3.44. The van der Waals surface area contributed by atoms with Crippen molar-refractivity contribution in [3.05, 3.63) is 72.3 Å². The van der Waals surface area contributed by atoms with Gasteiger partial charge in [-0.2, -0.15) is 5.26 Å². The molecule has 2 atom stereocenters. The molecule has 4 heterocycles. The van der Waals surface area contributed by atoms with Crippen LogP contribution in [0.2, 0.25) is 0 Å². The van der Waals surface area contributed by atoms with E-state index in [2.05, 4.69) is 15.6 Å². The summed E-state index contributed by atoms with van der Waals surface area (Å²) in [5, 5.41) is 15.4. The standard InChI is InChI=1S/C24H20F2N6O2/c25-24(26)10-17(11-27)32(14-24)22(33)12-30-23(34)18-5-6-28-20-3-1-15(9-19(18)20)16-2-4-21-29-7-8-31(21)13-16/h1-9,13,17,21,29H,10,12,14H2,(H,30,34)/t17-,21?/m0/s1. The highest BCUT2D eigenvalue weighted by Gasteiger charge is 2.47. The zero-order valence-corrected chi connectivity index (χ0v) is 17.9. The molecule has 0 aliphatic carbocycles. The Hall–Kier alpha value is -4.26. The van der Waals surface area contributed by atoms with Crippen molar-refractivity contribution < 1.29 is 18.4 Å². The molecule has 2 amide bonds. The van der Waals surface area contributed by atoms with Crippen LogP contribution in [0.5, 0.6) is 0 Å². The van der Waals surface area contributed by atoms with E-state index in [1.807, 2.05) is 53.9 Å². The summed E-state index contributed by atoms with van der Waals surface area (Å²) < 4.78 is 27.3. The third-order valence-electron chi connectivity index (χ3n) is 6.04. The molecule has 5 rings (SSSR count). The second-order valence-electron chi connectivity index (χ2n) is 8.32. The molecule has 10 heteroatoms. The van der Waals surface area contributed by atoms with Gasteiger partial charge in [0.2, 0.25) is 5.91 Å². The highest BCUT2D eigenvalue weighted by Crippen LogP contribution is 2.32. The number of alkyl halides is 2. The van der Waals surface area contributed by atoms with Gasteiger partial charge in [-0.3, -0.25) is 14.6 Å². The summed E-state index contributed by atoms with van der Waals surface area (Å²) in [7, 11) is 0. The molecule has 1 fully saturated rings. The molecule has 0 spiro atoms. The number of carbonyl (C=O) groups is 2. The Morgan fingerprint density at radius 2 is 2.18 bits per heavy atom. The number of fused-ring (bicyclic) bond motifs is 2. The number of halogens is 2. The van der Waals surface area contributed by atoms with Crippen LogP contribution in [-0.2, 0) is 4.79 Å². The van der Waals surface area contributed by atoms with Crippen LogP contribution in [0.15, 0.2) is 61.2 Å². The summed E-state index contributed by atoms with van der Waals surface area (Å²) in [6.07, 6.45) is 10.7. The van der Waals surface area contributed by atoms with Gasteiger partial charge in [0, 0.05) is 36.6 Å². The number of pyridine rings is 1. The summed E-state index contributed by atoms with van der Waals surface area (Å²) in [5.74, 6) is -4.37. The molecule has 1 saturated heterocycles. The smallest absolute Gasteiger partial charge is 0.268 e. The van der Waals surface area contributed by atoms with Gasteiger partial charge in [0.25, 0.3) is 11.8 Å². The molecule has 2 N–H and O–H groups in total. The number of allylic oxidation sites excluding steroid dienone is 2. The molecular formula is C24H20F2N6O2. The Balaban J connectivity index is 1.35. The van der Waals surface area contributed by atoms with E-state index in [4.69, 9.17) is 5.26 Å². The Morgan fingerprint density at radius 3 is 3.00 bits per heavy atom. The van der Waals surface area contributed by atoms with Crippen molar-refractivity contribution in [2.75, 3.05) is 13.1 Å². The number of hydrogen-bond acceptors (Lipinski definition) is 6. The first-order valence-electron chi connectivity index (χ1n) is 10.7. The predicted molar refractivity (Wildman–Crippen MR) is 120 cm³/mol. The molecule has 8 nitrogen and oxygen atoms in total. The first kappa shape index (κ1) is 21.6. The monoisotopic (exact) mass is 462 g/mol. The van der Waals surface area contributed by atoms with Crippen LogP contribution in [0.25, 0.3) is 16.5 Å². The van der Waals surface area contributed by atoms with Crippen molar-refractivity contribution >= 4 is 28.3 Å². The number of amides is 2. The highest BCUT2D eigenvalue weighted by molar-refractivity contribution is 6.07. The maximum absolute atomic E-state index is 13.6. The minimum Gasteiger partial charge on any atom is -0.366 e. The number of nitrogens with one attached hydrogen (secondary N) is 2. The van der Waals surface area contributed by atoms with E-state index in [1.165, 1.54) is 6.20 Å². The van der Waals surface area contributed by atoms with Crippen molar-refractivity contribution in [2.24, 2.45) is 0 Å². The number of likely N-dealkylation sites (tertiary alicyclic amines) is 1. The van der Waals surface area contributed by atoms with Gasteiger partial charge in [0.05, 0.1) is 30.2 Å². The van der Waals surface area contributed by atoms with Crippen LogP contribution in [0.3, 0.4) is 0 Å². The minimum absolute atomic E-state index is 0.0842. The van der Waals surface area contributed by atoms with E-state index in [0.717, 1.165) is 16.0 Å². The number of nitrogens with zero attached hydrogens (tertiary/aromatic N) is 4. The topological polar surface area (TPSA) is 101 Å². The summed E-state index contributed by atoms with van der Waals surface area (Å²) in [4.78, 5) is 32.5. The Morgan fingerprint density at radius 1 is 1.32 bits per heavy atom. The fourth-order valence-electron chi connectivity index (χ4n) is 4.32. The number of carbonyl (C=O) groups excluding carboxylic acids is 2. The van der Waals surface area contributed by atoms with Gasteiger partial charge in [-0.1, -0.05) is 12.1 Å². The van der Waals surface area contributed by atoms with Crippen LogP contribution < -0.4 is 10.6 Å². The quantitative estimate of drug-likeness (QED) is 0.724. The van der Waals surface area contributed by atoms with E-state index < -0.39 is 43.3 Å². The van der Waals surface area contributed by atoms with E-state index in [-0.39, 0.29) is 6.17 Å². The molecule has 0 saturated carbocycles. The minimum atomic E-state index is -3.11. The molecule has 34 heavy (non-hydrogen) atoms. The third kappa shape index (κ3) is 3.96. The van der Waals surface area contributed by atoms with Gasteiger partial charge >= 0.3 is 0 Å². The van der Waals surface area contributed by atoms with Crippen molar-refractivity contribution in [1.29, 1.82) is 5.26 Å². The Labute approximate surface area is 193 Å². The van der Waals surface area contributed by atoms with Gasteiger partial charge in [0.1, 0.15) is 12.2 Å². The maximum atomic E-state index is 13.6. The van der Waals surface area contributed by atoms with Crippen molar-refractivity contribution in [3.63, 3.8) is 0 Å². The van der Waals surface area contributed by atoms with Crippen LogP contribution in [-0.4, -0.2) is 57.8 Å². The maximum Gasteiger partial charge on any atom is 0.268 e. The SMILES string of the molecule is N#C[C@@H]1CC(F)(F)CN1C(=O)CNC(=O)c1ccnc2ccc(C3=CN4C=CNC4C=C3)cc12. The largest absolute Gasteiger partial charge is 0.366 e. The van der Waals surface area contributed by atoms with Gasteiger partial charge < -0.3 is 20.4 Å². The molecule has 0 radical (unpaired) electrons.